The molecule has 1 aliphatic rings. The van der Waals surface area contributed by atoms with Gasteiger partial charge in [-0.1, -0.05) is 107 Å². The van der Waals surface area contributed by atoms with Crippen LogP contribution in [0.1, 0.15) is 68.3 Å². The van der Waals surface area contributed by atoms with Crippen LogP contribution in [-0.2, 0) is 6.42 Å². The van der Waals surface area contributed by atoms with Gasteiger partial charge in [-0.15, -0.1) is 0 Å². The smallest absolute Gasteiger partial charge is 0.0979 e. The topological polar surface area (TPSA) is 30.7 Å². The molecule has 0 saturated heterocycles. The molecule has 3 heteroatoms. The number of para-hydroxylation sites is 1. The zero-order valence-electron chi connectivity index (χ0n) is 28.5. The fourth-order valence-electron chi connectivity index (χ4n) is 7.75. The first-order valence-corrected chi connectivity index (χ1v) is 17.6. The Morgan fingerprint density at radius 1 is 0.592 bits per heavy atom. The van der Waals surface area contributed by atoms with Gasteiger partial charge >= 0.3 is 0 Å². The summed E-state index contributed by atoms with van der Waals surface area (Å²) in [5, 5.41) is 6.10. The van der Waals surface area contributed by atoms with Gasteiger partial charge in [-0.25, -0.2) is 4.98 Å². The summed E-state index contributed by atoms with van der Waals surface area (Å²) in [7, 11) is 0. The standard InChI is InChI=1S/C46H39N3/c1-28(2)30-17-20-36-37-21-18-31(29(3)4)25-41(37)46-45(40(36)24-30)47-27-42(48-46)34-12-10-11-32(23-34)33-19-22-44-39(26-33)38-15-8-9-16-43(38)49(44)35-13-6-5-7-14-35/h5-8,10-15,17-29H,9,16H2,1-4H3. The highest BCUT2D eigenvalue weighted by Crippen LogP contribution is 2.39. The van der Waals surface area contributed by atoms with Gasteiger partial charge in [0, 0.05) is 38.7 Å². The number of rotatable bonds is 5. The van der Waals surface area contributed by atoms with Crippen molar-refractivity contribution in [1.82, 2.24) is 14.5 Å². The summed E-state index contributed by atoms with van der Waals surface area (Å²) in [6.07, 6.45) is 8.70. The van der Waals surface area contributed by atoms with Crippen molar-refractivity contribution in [2.24, 2.45) is 0 Å². The number of aromatic nitrogens is 3. The van der Waals surface area contributed by atoms with E-state index < -0.39 is 0 Å². The Bertz CT molecular complexity index is 2600. The van der Waals surface area contributed by atoms with E-state index in [0.29, 0.717) is 11.8 Å². The summed E-state index contributed by atoms with van der Waals surface area (Å²) >= 11 is 0. The predicted molar refractivity (Wildman–Crippen MR) is 208 cm³/mol. The average Bonchev–Trinajstić information content (AvgIpc) is 3.48. The average molecular weight is 634 g/mol. The summed E-state index contributed by atoms with van der Waals surface area (Å²) in [5.41, 5.74) is 14.1. The lowest BCUT2D eigenvalue weighted by molar-refractivity contribution is 0.868. The van der Waals surface area contributed by atoms with Crippen molar-refractivity contribution in [3.05, 3.63) is 144 Å². The molecule has 0 bridgehead atoms. The van der Waals surface area contributed by atoms with Crippen molar-refractivity contribution in [1.29, 1.82) is 0 Å². The molecular formula is C46H39N3. The van der Waals surface area contributed by atoms with Crippen molar-refractivity contribution < 1.29 is 0 Å². The Balaban J connectivity index is 1.20. The fraction of sp³-hybridized carbons (Fsp3) is 0.174. The van der Waals surface area contributed by atoms with Gasteiger partial charge in [0.2, 0.25) is 0 Å². The van der Waals surface area contributed by atoms with Crippen LogP contribution in [0, 0.1) is 0 Å². The zero-order valence-corrected chi connectivity index (χ0v) is 28.5. The minimum atomic E-state index is 0.425. The fourth-order valence-corrected chi connectivity index (χ4v) is 7.75. The van der Waals surface area contributed by atoms with Crippen LogP contribution in [0.15, 0.2) is 121 Å². The Labute approximate surface area is 287 Å². The number of hydrogen-bond acceptors (Lipinski definition) is 2. The summed E-state index contributed by atoms with van der Waals surface area (Å²) in [5.74, 6) is 0.861. The summed E-state index contributed by atoms with van der Waals surface area (Å²) in [4.78, 5) is 10.6. The zero-order chi connectivity index (χ0) is 33.2. The lowest BCUT2D eigenvalue weighted by Gasteiger charge is -2.15. The molecule has 0 radical (unpaired) electrons. The van der Waals surface area contributed by atoms with Crippen LogP contribution < -0.4 is 0 Å². The van der Waals surface area contributed by atoms with Crippen LogP contribution in [0.5, 0.6) is 0 Å². The van der Waals surface area contributed by atoms with Crippen molar-refractivity contribution in [3.63, 3.8) is 0 Å². The molecule has 0 spiro atoms. The second-order valence-electron chi connectivity index (χ2n) is 14.2. The predicted octanol–water partition coefficient (Wildman–Crippen LogP) is 12.4. The Hall–Kier alpha value is -5.54. The maximum Gasteiger partial charge on any atom is 0.0979 e. The van der Waals surface area contributed by atoms with E-state index in [0.717, 1.165) is 35.1 Å². The van der Waals surface area contributed by atoms with E-state index in [9.17, 15) is 0 Å². The second kappa shape index (κ2) is 11.6. The second-order valence-corrected chi connectivity index (χ2v) is 14.2. The molecule has 0 atom stereocenters. The van der Waals surface area contributed by atoms with Crippen molar-refractivity contribution in [2.75, 3.05) is 0 Å². The van der Waals surface area contributed by atoms with E-state index >= 15 is 0 Å². The molecule has 238 valence electrons. The molecule has 3 nitrogen and oxygen atoms in total. The molecule has 0 amide bonds. The monoisotopic (exact) mass is 633 g/mol. The number of benzene rings is 6. The van der Waals surface area contributed by atoms with E-state index in [1.165, 1.54) is 71.6 Å². The largest absolute Gasteiger partial charge is 0.313 e. The maximum atomic E-state index is 5.40. The molecule has 6 aromatic carbocycles. The molecule has 9 rings (SSSR count). The van der Waals surface area contributed by atoms with Crippen molar-refractivity contribution >= 4 is 49.6 Å². The minimum Gasteiger partial charge on any atom is -0.313 e. The van der Waals surface area contributed by atoms with E-state index in [1.54, 1.807) is 0 Å². The molecule has 49 heavy (non-hydrogen) atoms. The van der Waals surface area contributed by atoms with E-state index in [4.69, 9.17) is 9.97 Å². The van der Waals surface area contributed by atoms with Crippen molar-refractivity contribution in [3.8, 4) is 28.1 Å². The minimum absolute atomic E-state index is 0.425. The van der Waals surface area contributed by atoms with Crippen molar-refractivity contribution in [2.45, 2.75) is 52.4 Å². The highest BCUT2D eigenvalue weighted by Gasteiger charge is 2.20. The van der Waals surface area contributed by atoms with Gasteiger partial charge in [0.1, 0.15) is 0 Å². The molecule has 0 unspecified atom stereocenters. The van der Waals surface area contributed by atoms with Gasteiger partial charge in [0.15, 0.2) is 0 Å². The number of nitrogens with zero attached hydrogens (tertiary/aromatic N) is 3. The lowest BCUT2D eigenvalue weighted by atomic mass is 9.92. The molecule has 0 aliphatic heterocycles. The summed E-state index contributed by atoms with van der Waals surface area (Å²) in [6, 6.07) is 40.2. The van der Waals surface area contributed by atoms with E-state index in [-0.39, 0.29) is 0 Å². The molecule has 2 aromatic heterocycles. The van der Waals surface area contributed by atoms with Crippen LogP contribution in [0.3, 0.4) is 0 Å². The highest BCUT2D eigenvalue weighted by molar-refractivity contribution is 6.23. The Kier molecular flexibility index (Phi) is 6.98. The Morgan fingerprint density at radius 2 is 1.29 bits per heavy atom. The molecule has 0 N–H and O–H groups in total. The first-order chi connectivity index (χ1) is 23.9. The third kappa shape index (κ3) is 4.87. The quantitative estimate of drug-likeness (QED) is 0.177. The van der Waals surface area contributed by atoms with Crippen LogP contribution in [-0.4, -0.2) is 14.5 Å². The van der Waals surface area contributed by atoms with Gasteiger partial charge < -0.3 is 4.57 Å². The third-order valence-corrected chi connectivity index (χ3v) is 10.4. The summed E-state index contributed by atoms with van der Waals surface area (Å²) in [6.45, 7) is 9.00. The van der Waals surface area contributed by atoms with E-state index in [1.807, 2.05) is 6.20 Å². The first kappa shape index (κ1) is 29.6. The van der Waals surface area contributed by atoms with Crippen LogP contribution >= 0.6 is 0 Å². The molecule has 0 fully saturated rings. The Morgan fingerprint density at radius 3 is 2.02 bits per heavy atom. The van der Waals surface area contributed by atoms with Gasteiger partial charge in [0.25, 0.3) is 0 Å². The van der Waals surface area contributed by atoms with Crippen LogP contribution in [0.25, 0.3) is 77.6 Å². The maximum absolute atomic E-state index is 5.40. The van der Waals surface area contributed by atoms with Crippen LogP contribution in [0.4, 0.5) is 0 Å². The molecule has 0 saturated carbocycles. The van der Waals surface area contributed by atoms with Gasteiger partial charge in [-0.3, -0.25) is 4.98 Å². The SMILES string of the molecule is CC(C)c1ccc2c3ccc(C(C)C)cc3c3nc(-c4cccc(-c5ccc6c(c5)c5c(n6-c6ccccc6)CCC=C5)c4)cnc3c2c1. The van der Waals surface area contributed by atoms with Crippen LogP contribution in [0.2, 0.25) is 0 Å². The van der Waals surface area contributed by atoms with Gasteiger partial charge in [-0.2, -0.15) is 0 Å². The van der Waals surface area contributed by atoms with Gasteiger partial charge in [-0.05, 0) is 100 Å². The number of allylic oxidation sites excluding steroid dienone is 1. The molecule has 2 heterocycles. The normalized spacial score (nSPS) is 13.0. The first-order valence-electron chi connectivity index (χ1n) is 17.6. The van der Waals surface area contributed by atoms with Gasteiger partial charge in [0.05, 0.1) is 28.4 Å². The number of fused-ring (bicyclic) bond motifs is 9. The summed E-state index contributed by atoms with van der Waals surface area (Å²) < 4.78 is 2.45. The number of hydrogen-bond donors (Lipinski definition) is 0. The molecular weight excluding hydrogens is 595 g/mol. The molecule has 1 aliphatic carbocycles. The third-order valence-electron chi connectivity index (χ3n) is 10.4. The van der Waals surface area contributed by atoms with E-state index in [2.05, 4.69) is 154 Å². The molecule has 8 aromatic rings. The lowest BCUT2D eigenvalue weighted by Crippen LogP contribution is -2.02. The highest BCUT2D eigenvalue weighted by atomic mass is 15.0.